The van der Waals surface area contributed by atoms with E-state index in [1.54, 1.807) is 42.6 Å². The van der Waals surface area contributed by atoms with Gasteiger partial charge in [0.05, 0.1) is 11.9 Å². The zero-order chi connectivity index (χ0) is 17.5. The molecule has 2 N–H and O–H groups in total. The maximum absolute atomic E-state index is 11.9. The van der Waals surface area contributed by atoms with Crippen LogP contribution in [0.15, 0.2) is 72.9 Å². The highest BCUT2D eigenvalue weighted by atomic mass is 35.5. The third-order valence-corrected chi connectivity index (χ3v) is 3.53. The Morgan fingerprint density at radius 3 is 2.36 bits per heavy atom. The van der Waals surface area contributed by atoms with Gasteiger partial charge in [-0.2, -0.15) is 0 Å². The van der Waals surface area contributed by atoms with Crippen molar-refractivity contribution in [1.29, 1.82) is 0 Å². The number of pyridine rings is 1. The number of hydrogen-bond acceptors (Lipinski definition) is 4. The Bertz CT molecular complexity index is 822. The third-order valence-electron chi connectivity index (χ3n) is 3.28. The molecule has 0 saturated carbocycles. The predicted octanol–water partition coefficient (Wildman–Crippen LogP) is 4.50. The molecular weight excluding hydrogens is 338 g/mol. The van der Waals surface area contributed by atoms with Crippen molar-refractivity contribution in [2.75, 3.05) is 17.2 Å². The lowest BCUT2D eigenvalue weighted by atomic mass is 10.3. The van der Waals surface area contributed by atoms with E-state index in [9.17, 15) is 4.79 Å². The van der Waals surface area contributed by atoms with Gasteiger partial charge in [-0.1, -0.05) is 29.8 Å². The van der Waals surface area contributed by atoms with Crippen LogP contribution in [0.5, 0.6) is 5.75 Å². The smallest absolute Gasteiger partial charge is 0.262 e. The fraction of sp³-hybridized carbons (Fsp3) is 0.0526. The summed E-state index contributed by atoms with van der Waals surface area (Å²) in [6.07, 6.45) is 1.58. The van der Waals surface area contributed by atoms with Crippen LogP contribution in [0, 0.1) is 0 Å². The van der Waals surface area contributed by atoms with Gasteiger partial charge < -0.3 is 15.4 Å². The van der Waals surface area contributed by atoms with Gasteiger partial charge in [-0.3, -0.25) is 4.79 Å². The molecule has 0 radical (unpaired) electrons. The molecule has 0 fully saturated rings. The first kappa shape index (κ1) is 16.8. The van der Waals surface area contributed by atoms with Gasteiger partial charge in [-0.05, 0) is 48.5 Å². The lowest BCUT2D eigenvalue weighted by Crippen LogP contribution is -2.20. The molecule has 0 saturated heterocycles. The maximum Gasteiger partial charge on any atom is 0.262 e. The number of amides is 1. The van der Waals surface area contributed by atoms with Crippen molar-refractivity contribution in [2.45, 2.75) is 0 Å². The van der Waals surface area contributed by atoms with E-state index in [0.717, 1.165) is 5.69 Å². The first-order chi connectivity index (χ1) is 12.2. The molecule has 0 spiro atoms. The second-order valence-corrected chi connectivity index (χ2v) is 5.65. The molecule has 3 rings (SSSR count). The van der Waals surface area contributed by atoms with Crippen molar-refractivity contribution in [3.8, 4) is 5.75 Å². The number of ether oxygens (including phenoxy) is 1. The highest BCUT2D eigenvalue weighted by Crippen LogP contribution is 2.18. The van der Waals surface area contributed by atoms with Crippen molar-refractivity contribution in [3.63, 3.8) is 0 Å². The molecule has 1 aromatic heterocycles. The van der Waals surface area contributed by atoms with Crippen LogP contribution >= 0.6 is 11.6 Å². The number of carbonyl (C=O) groups excluding carboxylic acids is 1. The molecule has 5 nitrogen and oxygen atoms in total. The molecule has 0 aliphatic heterocycles. The zero-order valence-electron chi connectivity index (χ0n) is 13.3. The van der Waals surface area contributed by atoms with Gasteiger partial charge in [-0.15, -0.1) is 0 Å². The van der Waals surface area contributed by atoms with Gasteiger partial charge in [0.25, 0.3) is 5.91 Å². The van der Waals surface area contributed by atoms with E-state index in [-0.39, 0.29) is 12.5 Å². The lowest BCUT2D eigenvalue weighted by Gasteiger charge is -2.09. The number of hydrogen-bond donors (Lipinski definition) is 2. The molecule has 0 atom stereocenters. The summed E-state index contributed by atoms with van der Waals surface area (Å²) in [7, 11) is 0. The summed E-state index contributed by atoms with van der Waals surface area (Å²) in [5.74, 6) is 1.07. The minimum atomic E-state index is -0.246. The maximum atomic E-state index is 11.9. The number of nitrogens with zero attached hydrogens (tertiary/aromatic N) is 1. The summed E-state index contributed by atoms with van der Waals surface area (Å²) in [5, 5.41) is 6.57. The summed E-state index contributed by atoms with van der Waals surface area (Å²) in [6.45, 7) is -0.0607. The number of rotatable bonds is 6. The number of aromatic nitrogens is 1. The summed E-state index contributed by atoms with van der Waals surface area (Å²) in [5.41, 5.74) is 1.48. The average Bonchev–Trinajstić information content (AvgIpc) is 2.64. The second kappa shape index (κ2) is 8.17. The summed E-state index contributed by atoms with van der Waals surface area (Å²) >= 11 is 5.85. The molecule has 6 heteroatoms. The van der Waals surface area contributed by atoms with E-state index in [1.807, 2.05) is 30.3 Å². The topological polar surface area (TPSA) is 63.2 Å². The van der Waals surface area contributed by atoms with E-state index in [1.165, 1.54) is 0 Å². The van der Waals surface area contributed by atoms with Gasteiger partial charge in [-0.25, -0.2) is 4.98 Å². The monoisotopic (exact) mass is 353 g/mol. The van der Waals surface area contributed by atoms with Crippen LogP contribution in [-0.2, 0) is 4.79 Å². The van der Waals surface area contributed by atoms with Gasteiger partial charge in [0, 0.05) is 10.7 Å². The number of nitrogens with one attached hydrogen (secondary N) is 2. The largest absolute Gasteiger partial charge is 0.484 e. The number of halogens is 1. The quantitative estimate of drug-likeness (QED) is 0.685. The Kier molecular flexibility index (Phi) is 5.49. The molecule has 0 unspecified atom stereocenters. The van der Waals surface area contributed by atoms with Crippen molar-refractivity contribution in [2.24, 2.45) is 0 Å². The lowest BCUT2D eigenvalue weighted by molar-refractivity contribution is -0.118. The van der Waals surface area contributed by atoms with E-state index in [0.29, 0.717) is 22.3 Å². The van der Waals surface area contributed by atoms with Gasteiger partial charge in [0.15, 0.2) is 6.61 Å². The molecule has 0 aliphatic carbocycles. The van der Waals surface area contributed by atoms with Crippen LogP contribution < -0.4 is 15.4 Å². The van der Waals surface area contributed by atoms with Crippen LogP contribution in [0.2, 0.25) is 5.02 Å². The normalized spacial score (nSPS) is 10.1. The van der Waals surface area contributed by atoms with E-state index >= 15 is 0 Å². The van der Waals surface area contributed by atoms with E-state index in [4.69, 9.17) is 16.3 Å². The minimum absolute atomic E-state index is 0.0607. The summed E-state index contributed by atoms with van der Waals surface area (Å²) in [4.78, 5) is 16.2. The van der Waals surface area contributed by atoms with Crippen molar-refractivity contribution in [1.82, 2.24) is 4.98 Å². The average molecular weight is 354 g/mol. The highest BCUT2D eigenvalue weighted by molar-refractivity contribution is 6.30. The molecule has 126 valence electrons. The number of anilines is 3. The zero-order valence-corrected chi connectivity index (χ0v) is 14.0. The first-order valence-corrected chi connectivity index (χ1v) is 8.03. The van der Waals surface area contributed by atoms with Crippen LogP contribution in [-0.4, -0.2) is 17.5 Å². The first-order valence-electron chi connectivity index (χ1n) is 7.65. The molecular formula is C19H16ClN3O2. The Morgan fingerprint density at radius 1 is 0.960 bits per heavy atom. The Labute approximate surface area is 150 Å². The Morgan fingerprint density at radius 2 is 1.68 bits per heavy atom. The highest BCUT2D eigenvalue weighted by Gasteiger charge is 2.04. The van der Waals surface area contributed by atoms with E-state index < -0.39 is 0 Å². The minimum Gasteiger partial charge on any atom is -0.484 e. The molecule has 1 amide bonds. The van der Waals surface area contributed by atoms with Gasteiger partial charge in [0.1, 0.15) is 11.6 Å². The molecule has 0 bridgehead atoms. The van der Waals surface area contributed by atoms with Crippen molar-refractivity contribution in [3.05, 3.63) is 77.9 Å². The van der Waals surface area contributed by atoms with Crippen molar-refractivity contribution < 1.29 is 9.53 Å². The number of benzene rings is 2. The number of para-hydroxylation sites is 1. The predicted molar refractivity (Wildman–Crippen MR) is 99.5 cm³/mol. The van der Waals surface area contributed by atoms with Crippen LogP contribution in [0.25, 0.3) is 0 Å². The molecule has 3 aromatic rings. The van der Waals surface area contributed by atoms with Crippen molar-refractivity contribution >= 4 is 34.7 Å². The van der Waals surface area contributed by atoms with Crippen LogP contribution in [0.3, 0.4) is 0 Å². The Hall–Kier alpha value is -3.05. The fourth-order valence-electron chi connectivity index (χ4n) is 2.09. The van der Waals surface area contributed by atoms with Crippen LogP contribution in [0.4, 0.5) is 17.2 Å². The number of carbonyl (C=O) groups is 1. The molecule has 25 heavy (non-hydrogen) atoms. The molecule has 0 aliphatic rings. The second-order valence-electron chi connectivity index (χ2n) is 5.21. The SMILES string of the molecule is O=C(COc1ccccc1)Nc1ccc(Nc2ccc(Cl)cc2)nc1. The fourth-order valence-corrected chi connectivity index (χ4v) is 2.21. The van der Waals surface area contributed by atoms with Crippen LogP contribution in [0.1, 0.15) is 0 Å². The third kappa shape index (κ3) is 5.22. The standard InChI is InChI=1S/C19H16ClN3O2/c20-14-6-8-15(9-7-14)22-18-11-10-16(12-21-18)23-19(24)13-25-17-4-2-1-3-5-17/h1-12H,13H2,(H,21,22)(H,23,24). The van der Waals surface area contributed by atoms with E-state index in [2.05, 4.69) is 15.6 Å². The Balaban J connectivity index is 1.51. The summed E-state index contributed by atoms with van der Waals surface area (Å²) < 4.78 is 5.40. The molecule has 2 aromatic carbocycles. The molecule has 1 heterocycles. The summed E-state index contributed by atoms with van der Waals surface area (Å²) in [6, 6.07) is 20.1. The van der Waals surface area contributed by atoms with Gasteiger partial charge >= 0.3 is 0 Å². The van der Waals surface area contributed by atoms with Gasteiger partial charge in [0.2, 0.25) is 0 Å².